The van der Waals surface area contributed by atoms with Crippen LogP contribution in [-0.4, -0.2) is 62.0 Å². The Hall–Kier alpha value is -1.30. The van der Waals surface area contributed by atoms with Crippen molar-refractivity contribution in [3.05, 3.63) is 0 Å². The van der Waals surface area contributed by atoms with Crippen molar-refractivity contribution in [2.24, 2.45) is 0 Å². The molecule has 0 fully saturated rings. The first-order valence-corrected chi connectivity index (χ1v) is 12.2. The van der Waals surface area contributed by atoms with E-state index in [-0.39, 0.29) is 12.6 Å². The van der Waals surface area contributed by atoms with Crippen LogP contribution >= 0.6 is 0 Å². The predicted molar refractivity (Wildman–Crippen MR) is 124 cm³/mol. The first-order chi connectivity index (χ1) is 14.3. The number of carbonyl (C=O) groups is 2. The lowest BCUT2D eigenvalue weighted by atomic mass is 10.0. The average molecular weight is 430 g/mol. The van der Waals surface area contributed by atoms with Crippen LogP contribution in [-0.2, 0) is 9.53 Å². The highest BCUT2D eigenvalue weighted by Crippen LogP contribution is 2.15. The van der Waals surface area contributed by atoms with Crippen LogP contribution in [0.5, 0.6) is 0 Å². The maximum absolute atomic E-state index is 11.6. The Kier molecular flexibility index (Phi) is 17.7. The molecular weight excluding hydrogens is 380 g/mol. The number of aliphatic carboxylic acids is 1. The molecule has 178 valence electrons. The van der Waals surface area contributed by atoms with E-state index in [4.69, 9.17) is 9.84 Å². The number of carbonyl (C=O) groups excluding carboxylic acids is 1. The van der Waals surface area contributed by atoms with Gasteiger partial charge >= 0.3 is 12.1 Å². The minimum absolute atomic E-state index is 0.0202. The molecule has 0 spiro atoms. The van der Waals surface area contributed by atoms with Crippen LogP contribution in [0.15, 0.2) is 0 Å². The van der Waals surface area contributed by atoms with E-state index in [0.29, 0.717) is 11.0 Å². The summed E-state index contributed by atoms with van der Waals surface area (Å²) in [5.41, 5.74) is 0. The van der Waals surface area contributed by atoms with Crippen molar-refractivity contribution in [1.29, 1.82) is 0 Å². The van der Waals surface area contributed by atoms with Crippen LogP contribution in [0.3, 0.4) is 0 Å². The van der Waals surface area contributed by atoms with Crippen molar-refractivity contribution in [1.82, 2.24) is 5.32 Å². The van der Waals surface area contributed by atoms with Crippen LogP contribution in [0.1, 0.15) is 103 Å². The molecule has 0 saturated carbocycles. The fourth-order valence-corrected chi connectivity index (χ4v) is 3.95. The van der Waals surface area contributed by atoms with Gasteiger partial charge in [0, 0.05) is 7.05 Å². The summed E-state index contributed by atoms with van der Waals surface area (Å²) in [6.07, 6.45) is 18.5. The summed E-state index contributed by atoms with van der Waals surface area (Å²) >= 11 is 0. The highest BCUT2D eigenvalue weighted by molar-refractivity contribution is 5.68. The van der Waals surface area contributed by atoms with E-state index in [1.54, 1.807) is 7.05 Å². The van der Waals surface area contributed by atoms with Crippen molar-refractivity contribution < 1.29 is 23.9 Å². The van der Waals surface area contributed by atoms with Gasteiger partial charge in [0.2, 0.25) is 0 Å². The summed E-state index contributed by atoms with van der Waals surface area (Å²) < 4.78 is 5.77. The van der Waals surface area contributed by atoms with Gasteiger partial charge in [-0.1, -0.05) is 90.4 Å². The molecule has 1 atom stereocenters. The number of quaternary nitrogens is 1. The second kappa shape index (κ2) is 18.5. The second-order valence-corrected chi connectivity index (χ2v) is 9.33. The highest BCUT2D eigenvalue weighted by Gasteiger charge is 2.27. The molecule has 0 aromatic heterocycles. The Balaban J connectivity index is 3.83. The third-order valence-electron chi connectivity index (χ3n) is 5.62. The van der Waals surface area contributed by atoms with E-state index < -0.39 is 12.1 Å². The lowest BCUT2D eigenvalue weighted by Gasteiger charge is -2.31. The maximum atomic E-state index is 11.6. The van der Waals surface area contributed by atoms with Crippen LogP contribution < -0.4 is 5.32 Å². The second-order valence-electron chi connectivity index (χ2n) is 9.33. The van der Waals surface area contributed by atoms with Crippen LogP contribution in [0.2, 0.25) is 0 Å². The molecule has 1 amide bonds. The molecule has 0 bridgehead atoms. The van der Waals surface area contributed by atoms with Gasteiger partial charge in [0.15, 0.2) is 12.6 Å². The molecule has 0 aliphatic heterocycles. The molecule has 0 saturated heterocycles. The number of carboxylic acid groups (broad SMARTS) is 1. The van der Waals surface area contributed by atoms with Gasteiger partial charge < -0.3 is 19.6 Å². The molecule has 0 aliphatic rings. The average Bonchev–Trinajstić information content (AvgIpc) is 2.66. The minimum atomic E-state index is -0.838. The number of nitrogens with zero attached hydrogens (tertiary/aromatic N) is 1. The number of unbranched alkanes of at least 4 members (excludes halogenated alkanes) is 13. The quantitative estimate of drug-likeness (QED) is 0.191. The van der Waals surface area contributed by atoms with Crippen LogP contribution in [0.25, 0.3) is 0 Å². The fraction of sp³-hybridized carbons (Fsp3) is 0.917. The molecule has 1 unspecified atom stereocenters. The van der Waals surface area contributed by atoms with E-state index in [9.17, 15) is 9.59 Å². The standard InChI is InChI=1S/C24H48N2O4/c1-5-6-7-8-9-10-11-12-13-14-15-16-17-18-19-22(30-24(29)25-2)20-26(3,4)21-23(27)28/h22H,5-21H2,1-4H3,(H-,25,27,28,29)/p+1. The lowest BCUT2D eigenvalue weighted by Crippen LogP contribution is -2.49. The van der Waals surface area contributed by atoms with Gasteiger partial charge in [0.1, 0.15) is 6.54 Å². The summed E-state index contributed by atoms with van der Waals surface area (Å²) in [5, 5.41) is 11.6. The van der Waals surface area contributed by atoms with Gasteiger partial charge in [-0.05, 0) is 12.8 Å². The lowest BCUT2D eigenvalue weighted by molar-refractivity contribution is -0.886. The van der Waals surface area contributed by atoms with Crippen LogP contribution in [0, 0.1) is 0 Å². The number of alkyl carbamates (subject to hydrolysis) is 1. The van der Waals surface area contributed by atoms with Crippen LogP contribution in [0.4, 0.5) is 4.79 Å². The molecule has 2 N–H and O–H groups in total. The first-order valence-electron chi connectivity index (χ1n) is 12.2. The summed E-state index contributed by atoms with van der Waals surface area (Å²) in [4.78, 5) is 22.7. The number of likely N-dealkylation sites (N-methyl/N-ethyl adjacent to an activating group) is 1. The molecule has 0 rings (SSSR count). The fourth-order valence-electron chi connectivity index (χ4n) is 3.95. The van der Waals surface area contributed by atoms with E-state index in [1.807, 2.05) is 14.1 Å². The van der Waals surface area contributed by atoms with Crippen molar-refractivity contribution in [3.63, 3.8) is 0 Å². The van der Waals surface area contributed by atoms with Gasteiger partial charge in [0.25, 0.3) is 0 Å². The van der Waals surface area contributed by atoms with Crippen molar-refractivity contribution >= 4 is 12.1 Å². The highest BCUT2D eigenvalue weighted by atomic mass is 16.6. The Morgan fingerprint density at radius 1 is 0.833 bits per heavy atom. The first kappa shape index (κ1) is 28.7. The number of carboxylic acids is 1. The minimum Gasteiger partial charge on any atom is -0.477 e. The zero-order chi connectivity index (χ0) is 22.7. The van der Waals surface area contributed by atoms with Crippen molar-refractivity contribution in [3.8, 4) is 0 Å². The summed E-state index contributed by atoms with van der Waals surface area (Å²) in [5.74, 6) is -0.838. The Labute approximate surface area is 185 Å². The Morgan fingerprint density at radius 3 is 1.67 bits per heavy atom. The van der Waals surface area contributed by atoms with Crippen molar-refractivity contribution in [2.45, 2.75) is 109 Å². The van der Waals surface area contributed by atoms with Crippen molar-refractivity contribution in [2.75, 3.05) is 34.2 Å². The molecule has 0 heterocycles. The molecule has 0 aromatic carbocycles. The number of hydrogen-bond donors (Lipinski definition) is 2. The SMILES string of the molecule is CCCCCCCCCCCCCCCCC(C[N+](C)(C)CC(=O)O)OC(=O)NC. The summed E-state index contributed by atoms with van der Waals surface area (Å²) in [6, 6.07) is 0. The van der Waals surface area contributed by atoms with E-state index in [0.717, 1.165) is 19.3 Å². The third-order valence-corrected chi connectivity index (χ3v) is 5.62. The number of ether oxygens (including phenoxy) is 1. The zero-order valence-electron chi connectivity index (χ0n) is 20.2. The smallest absolute Gasteiger partial charge is 0.407 e. The molecule has 0 aromatic rings. The number of amides is 1. The molecule has 6 nitrogen and oxygen atoms in total. The van der Waals surface area contributed by atoms with Gasteiger partial charge in [-0.3, -0.25) is 0 Å². The van der Waals surface area contributed by atoms with E-state index in [2.05, 4.69) is 12.2 Å². The van der Waals surface area contributed by atoms with Gasteiger partial charge in [-0.15, -0.1) is 0 Å². The molecular formula is C24H49N2O4+. The molecule has 0 aliphatic carbocycles. The predicted octanol–water partition coefficient (Wildman–Crippen LogP) is 5.74. The monoisotopic (exact) mass is 429 g/mol. The molecule has 6 heteroatoms. The normalized spacial score (nSPS) is 12.5. The Bertz CT molecular complexity index is 441. The maximum Gasteiger partial charge on any atom is 0.407 e. The van der Waals surface area contributed by atoms with Gasteiger partial charge in [-0.2, -0.15) is 0 Å². The van der Waals surface area contributed by atoms with E-state index in [1.165, 1.54) is 77.0 Å². The largest absolute Gasteiger partial charge is 0.477 e. The molecule has 0 radical (unpaired) electrons. The Morgan fingerprint density at radius 2 is 1.27 bits per heavy atom. The zero-order valence-corrected chi connectivity index (χ0v) is 20.2. The summed E-state index contributed by atoms with van der Waals surface area (Å²) in [7, 11) is 5.27. The topological polar surface area (TPSA) is 75.6 Å². The van der Waals surface area contributed by atoms with Gasteiger partial charge in [0.05, 0.1) is 14.1 Å². The number of rotatable bonds is 20. The third kappa shape index (κ3) is 18.7. The summed E-state index contributed by atoms with van der Waals surface area (Å²) in [6.45, 7) is 2.80. The number of nitrogens with one attached hydrogen (secondary N) is 1. The number of hydrogen-bond acceptors (Lipinski definition) is 3. The molecule has 30 heavy (non-hydrogen) atoms. The van der Waals surface area contributed by atoms with E-state index >= 15 is 0 Å². The van der Waals surface area contributed by atoms with Gasteiger partial charge in [-0.25, -0.2) is 9.59 Å².